The van der Waals surface area contributed by atoms with E-state index in [9.17, 15) is 4.39 Å². The van der Waals surface area contributed by atoms with Crippen LogP contribution in [-0.4, -0.2) is 13.1 Å². The summed E-state index contributed by atoms with van der Waals surface area (Å²) >= 11 is 0. The Bertz CT molecular complexity index is 442. The van der Waals surface area contributed by atoms with E-state index < -0.39 is 0 Å². The Morgan fingerprint density at radius 1 is 1.25 bits per heavy atom. The molecule has 2 rings (SSSR count). The molecule has 1 aliphatic heterocycles. The highest BCUT2D eigenvalue weighted by molar-refractivity contribution is 5.55. The maximum Gasteiger partial charge on any atom is 0.123 e. The first kappa shape index (κ1) is 15.3. The predicted molar refractivity (Wildman–Crippen MR) is 83.5 cm³/mol. The smallest absolute Gasteiger partial charge is 0.123 e. The SMILES string of the molecule is CCC1(CC)CCN(c2ccc(F)cc2C(C)N)CC1. The van der Waals surface area contributed by atoms with Gasteiger partial charge in [-0.3, -0.25) is 0 Å². The number of anilines is 1. The van der Waals surface area contributed by atoms with E-state index in [0.29, 0.717) is 5.41 Å². The van der Waals surface area contributed by atoms with Gasteiger partial charge >= 0.3 is 0 Å². The lowest BCUT2D eigenvalue weighted by molar-refractivity contribution is 0.199. The molecule has 1 aromatic carbocycles. The summed E-state index contributed by atoms with van der Waals surface area (Å²) in [5, 5.41) is 0. The molecule has 0 saturated carbocycles. The van der Waals surface area contributed by atoms with Crippen molar-refractivity contribution >= 4 is 5.69 Å². The molecule has 0 radical (unpaired) electrons. The van der Waals surface area contributed by atoms with Crippen molar-refractivity contribution < 1.29 is 4.39 Å². The third-order valence-corrected chi connectivity index (χ3v) is 5.14. The van der Waals surface area contributed by atoms with Gasteiger partial charge in [0.25, 0.3) is 0 Å². The van der Waals surface area contributed by atoms with E-state index in [4.69, 9.17) is 5.73 Å². The minimum Gasteiger partial charge on any atom is -0.371 e. The molecule has 20 heavy (non-hydrogen) atoms. The highest BCUT2D eigenvalue weighted by atomic mass is 19.1. The summed E-state index contributed by atoms with van der Waals surface area (Å²) in [4.78, 5) is 2.38. The first-order chi connectivity index (χ1) is 9.51. The van der Waals surface area contributed by atoms with Crippen LogP contribution in [0, 0.1) is 11.2 Å². The highest BCUT2D eigenvalue weighted by Crippen LogP contribution is 2.40. The molecule has 1 unspecified atom stereocenters. The van der Waals surface area contributed by atoms with Crippen molar-refractivity contribution in [2.45, 2.75) is 52.5 Å². The van der Waals surface area contributed by atoms with Gasteiger partial charge in [0.1, 0.15) is 5.82 Å². The van der Waals surface area contributed by atoms with E-state index in [1.165, 1.54) is 25.7 Å². The van der Waals surface area contributed by atoms with Crippen LogP contribution in [0.1, 0.15) is 58.1 Å². The fraction of sp³-hybridized carbons (Fsp3) is 0.647. The lowest BCUT2D eigenvalue weighted by Gasteiger charge is -2.42. The molecule has 1 fully saturated rings. The summed E-state index contributed by atoms with van der Waals surface area (Å²) < 4.78 is 13.4. The molecule has 1 saturated heterocycles. The average Bonchev–Trinajstić information content (AvgIpc) is 2.47. The Balaban J connectivity index is 2.18. The van der Waals surface area contributed by atoms with Gasteiger partial charge in [-0.1, -0.05) is 26.7 Å². The fourth-order valence-electron chi connectivity index (χ4n) is 3.36. The molecule has 3 heteroatoms. The van der Waals surface area contributed by atoms with Crippen molar-refractivity contribution in [1.82, 2.24) is 0 Å². The molecule has 1 heterocycles. The second-order valence-electron chi connectivity index (χ2n) is 6.19. The number of halogens is 1. The van der Waals surface area contributed by atoms with Crippen LogP contribution in [0.3, 0.4) is 0 Å². The molecule has 0 bridgehead atoms. The van der Waals surface area contributed by atoms with Gasteiger partial charge in [-0.15, -0.1) is 0 Å². The largest absolute Gasteiger partial charge is 0.371 e. The number of benzene rings is 1. The van der Waals surface area contributed by atoms with Gasteiger partial charge in [-0.05, 0) is 48.9 Å². The maximum atomic E-state index is 13.4. The number of piperidine rings is 1. The number of rotatable bonds is 4. The van der Waals surface area contributed by atoms with E-state index in [-0.39, 0.29) is 11.9 Å². The van der Waals surface area contributed by atoms with E-state index in [2.05, 4.69) is 18.7 Å². The zero-order valence-corrected chi connectivity index (χ0v) is 13.0. The lowest BCUT2D eigenvalue weighted by Crippen LogP contribution is -2.40. The molecule has 0 spiro atoms. The van der Waals surface area contributed by atoms with Gasteiger partial charge in [0, 0.05) is 24.8 Å². The molecular formula is C17H27FN2. The molecule has 0 amide bonds. The van der Waals surface area contributed by atoms with Crippen molar-refractivity contribution in [3.8, 4) is 0 Å². The van der Waals surface area contributed by atoms with Crippen molar-refractivity contribution in [2.24, 2.45) is 11.1 Å². The monoisotopic (exact) mass is 278 g/mol. The molecular weight excluding hydrogens is 251 g/mol. The summed E-state index contributed by atoms with van der Waals surface area (Å²) in [5.41, 5.74) is 8.54. The van der Waals surface area contributed by atoms with Crippen molar-refractivity contribution in [3.63, 3.8) is 0 Å². The minimum absolute atomic E-state index is 0.135. The molecule has 1 aliphatic rings. The summed E-state index contributed by atoms with van der Waals surface area (Å²) in [5.74, 6) is -0.200. The van der Waals surface area contributed by atoms with E-state index in [1.54, 1.807) is 12.1 Å². The summed E-state index contributed by atoms with van der Waals surface area (Å²) in [6.07, 6.45) is 4.94. The minimum atomic E-state index is -0.200. The standard InChI is InChI=1S/C17H27FN2/c1-4-17(5-2)8-10-20(11-9-17)16-7-6-14(18)12-15(16)13(3)19/h6-7,12-13H,4-5,8-11,19H2,1-3H3. The number of nitrogens with two attached hydrogens (primary N) is 1. The van der Waals surface area contributed by atoms with Crippen molar-refractivity contribution in [3.05, 3.63) is 29.6 Å². The van der Waals surface area contributed by atoms with Crippen LogP contribution in [0.2, 0.25) is 0 Å². The molecule has 0 aliphatic carbocycles. The van der Waals surface area contributed by atoms with Crippen LogP contribution >= 0.6 is 0 Å². The van der Waals surface area contributed by atoms with Crippen molar-refractivity contribution in [2.75, 3.05) is 18.0 Å². The van der Waals surface area contributed by atoms with E-state index in [1.807, 2.05) is 13.0 Å². The number of nitrogens with zero attached hydrogens (tertiary/aromatic N) is 1. The zero-order valence-electron chi connectivity index (χ0n) is 13.0. The quantitative estimate of drug-likeness (QED) is 0.892. The second kappa shape index (κ2) is 6.13. The molecule has 0 aromatic heterocycles. The maximum absolute atomic E-state index is 13.4. The molecule has 1 atom stereocenters. The Morgan fingerprint density at radius 3 is 2.35 bits per heavy atom. The Kier molecular flexibility index (Phi) is 4.69. The van der Waals surface area contributed by atoms with Crippen LogP contribution in [-0.2, 0) is 0 Å². The first-order valence-electron chi connectivity index (χ1n) is 7.81. The molecule has 2 N–H and O–H groups in total. The van der Waals surface area contributed by atoms with Gasteiger partial charge in [-0.2, -0.15) is 0 Å². The van der Waals surface area contributed by atoms with E-state index >= 15 is 0 Å². The second-order valence-corrected chi connectivity index (χ2v) is 6.19. The van der Waals surface area contributed by atoms with Gasteiger partial charge in [0.05, 0.1) is 0 Å². The molecule has 112 valence electrons. The zero-order chi connectivity index (χ0) is 14.8. The summed E-state index contributed by atoms with van der Waals surface area (Å²) in [6.45, 7) is 8.61. The summed E-state index contributed by atoms with van der Waals surface area (Å²) in [6, 6.07) is 4.88. The molecule has 2 nitrogen and oxygen atoms in total. The van der Waals surface area contributed by atoms with Crippen LogP contribution in [0.25, 0.3) is 0 Å². The van der Waals surface area contributed by atoms with Crippen LogP contribution in [0.15, 0.2) is 18.2 Å². The number of hydrogen-bond donors (Lipinski definition) is 1. The van der Waals surface area contributed by atoms with E-state index in [0.717, 1.165) is 24.3 Å². The lowest BCUT2D eigenvalue weighted by atomic mass is 9.74. The third-order valence-electron chi connectivity index (χ3n) is 5.14. The van der Waals surface area contributed by atoms with Gasteiger partial charge in [0.15, 0.2) is 0 Å². The van der Waals surface area contributed by atoms with Crippen LogP contribution in [0.5, 0.6) is 0 Å². The van der Waals surface area contributed by atoms with Crippen LogP contribution < -0.4 is 10.6 Å². The Hall–Kier alpha value is -1.09. The molecule has 1 aromatic rings. The highest BCUT2D eigenvalue weighted by Gasteiger charge is 2.32. The van der Waals surface area contributed by atoms with Crippen LogP contribution in [0.4, 0.5) is 10.1 Å². The normalized spacial score (nSPS) is 19.9. The Labute approximate surface area is 122 Å². The predicted octanol–water partition coefficient (Wildman–Crippen LogP) is 4.25. The average molecular weight is 278 g/mol. The topological polar surface area (TPSA) is 29.3 Å². The van der Waals surface area contributed by atoms with Gasteiger partial charge in [0.2, 0.25) is 0 Å². The summed E-state index contributed by atoms with van der Waals surface area (Å²) in [7, 11) is 0. The van der Waals surface area contributed by atoms with Crippen molar-refractivity contribution in [1.29, 1.82) is 0 Å². The fourth-order valence-corrected chi connectivity index (χ4v) is 3.36. The number of hydrogen-bond acceptors (Lipinski definition) is 2. The first-order valence-corrected chi connectivity index (χ1v) is 7.81. The van der Waals surface area contributed by atoms with Gasteiger partial charge < -0.3 is 10.6 Å². The third kappa shape index (κ3) is 2.98. The Morgan fingerprint density at radius 2 is 1.85 bits per heavy atom. The van der Waals surface area contributed by atoms with Gasteiger partial charge in [-0.25, -0.2) is 4.39 Å².